The number of carboxylic acid groups (broad SMARTS) is 1. The summed E-state index contributed by atoms with van der Waals surface area (Å²) in [4.78, 5) is 54.5. The number of Topliss-reactive ketones (excluding diaryl/α,β-unsaturated/α-hetero) is 1. The maximum atomic E-state index is 14.5. The first-order chi connectivity index (χ1) is 19.5. The van der Waals surface area contributed by atoms with Gasteiger partial charge in [-0.1, -0.05) is 54.1 Å². The Balaban J connectivity index is 1.85. The average molecular weight is 573 g/mol. The van der Waals surface area contributed by atoms with Gasteiger partial charge in [-0.3, -0.25) is 19.7 Å². The lowest BCUT2D eigenvalue weighted by molar-refractivity contribution is -0.385. The second kappa shape index (κ2) is 10.7. The summed E-state index contributed by atoms with van der Waals surface area (Å²) in [5.74, 6) is -5.31. The molecule has 4 atom stereocenters. The SMILES string of the molecule is Cc1cccc(C(=O)C2C(c3cccc([N+](=O)[O-])c3)N(C(=O)c3cccs3)C(C)(C(=O)O)C2c2ccc(F)cc2)c1. The van der Waals surface area contributed by atoms with Crippen LogP contribution in [0.3, 0.4) is 0 Å². The average Bonchev–Trinajstić information content (AvgIpc) is 3.59. The van der Waals surface area contributed by atoms with E-state index >= 15 is 0 Å². The van der Waals surface area contributed by atoms with Gasteiger partial charge in [0.05, 0.1) is 21.8 Å². The van der Waals surface area contributed by atoms with Crippen LogP contribution in [0.15, 0.2) is 90.3 Å². The lowest BCUT2D eigenvalue weighted by atomic mass is 9.71. The number of nitro benzene ring substituents is 1. The number of carbonyl (C=O) groups is 3. The largest absolute Gasteiger partial charge is 0.479 e. The van der Waals surface area contributed by atoms with Crippen molar-refractivity contribution >= 4 is 34.7 Å². The number of halogens is 1. The van der Waals surface area contributed by atoms with E-state index in [9.17, 15) is 34.0 Å². The number of nitro groups is 1. The molecule has 1 amide bonds. The Kier molecular flexibility index (Phi) is 7.27. The molecule has 41 heavy (non-hydrogen) atoms. The predicted molar refractivity (Wildman–Crippen MR) is 151 cm³/mol. The molecule has 1 saturated heterocycles. The predicted octanol–water partition coefficient (Wildman–Crippen LogP) is 6.43. The van der Waals surface area contributed by atoms with E-state index in [2.05, 4.69) is 0 Å². The van der Waals surface area contributed by atoms with Gasteiger partial charge >= 0.3 is 5.97 Å². The molecule has 0 aliphatic carbocycles. The van der Waals surface area contributed by atoms with Gasteiger partial charge in [0.2, 0.25) is 0 Å². The van der Waals surface area contributed by atoms with E-state index in [0.29, 0.717) is 11.1 Å². The Morgan fingerprint density at radius 2 is 1.68 bits per heavy atom. The number of likely N-dealkylation sites (tertiary alicyclic amines) is 1. The Hall–Kier alpha value is -4.70. The first kappa shape index (κ1) is 27.9. The number of hydrogen-bond acceptors (Lipinski definition) is 6. The summed E-state index contributed by atoms with van der Waals surface area (Å²) in [7, 11) is 0. The number of aryl methyl sites for hydroxylation is 1. The molecule has 1 fully saturated rings. The summed E-state index contributed by atoms with van der Waals surface area (Å²) in [6.45, 7) is 3.19. The molecule has 0 spiro atoms. The van der Waals surface area contributed by atoms with E-state index in [0.717, 1.165) is 16.9 Å². The Morgan fingerprint density at radius 1 is 0.976 bits per heavy atom. The van der Waals surface area contributed by atoms with Crippen LogP contribution in [-0.2, 0) is 4.79 Å². The molecule has 2 heterocycles. The fourth-order valence-corrected chi connectivity index (χ4v) is 6.55. The Morgan fingerprint density at radius 3 is 2.29 bits per heavy atom. The molecule has 1 aliphatic heterocycles. The molecule has 1 aromatic heterocycles. The molecule has 8 nitrogen and oxygen atoms in total. The van der Waals surface area contributed by atoms with Crippen LogP contribution in [-0.4, -0.2) is 38.1 Å². The second-order valence-corrected chi connectivity index (χ2v) is 11.1. The summed E-state index contributed by atoms with van der Waals surface area (Å²) in [5.41, 5.74) is -0.582. The first-order valence-electron chi connectivity index (χ1n) is 12.7. The molecule has 1 N–H and O–H groups in total. The lowest BCUT2D eigenvalue weighted by Gasteiger charge is -2.37. The number of rotatable bonds is 7. The molecule has 3 aromatic carbocycles. The lowest BCUT2D eigenvalue weighted by Crippen LogP contribution is -2.54. The molecule has 0 saturated carbocycles. The van der Waals surface area contributed by atoms with Crippen molar-refractivity contribution in [1.82, 2.24) is 4.90 Å². The zero-order valence-electron chi connectivity index (χ0n) is 22.1. The van der Waals surface area contributed by atoms with Crippen LogP contribution in [0.1, 0.15) is 55.6 Å². The third-order valence-electron chi connectivity index (χ3n) is 7.72. The number of amides is 1. The molecule has 208 valence electrons. The number of nitrogens with zero attached hydrogens (tertiary/aromatic N) is 2. The molecular weight excluding hydrogens is 547 g/mol. The van der Waals surface area contributed by atoms with Gasteiger partial charge in [0.25, 0.3) is 11.6 Å². The minimum absolute atomic E-state index is 0.243. The molecule has 10 heteroatoms. The van der Waals surface area contributed by atoms with E-state index in [1.165, 1.54) is 54.3 Å². The van der Waals surface area contributed by atoms with Gasteiger partial charge in [-0.2, -0.15) is 0 Å². The minimum atomic E-state index is -2.00. The normalized spacial score (nSPS) is 21.9. The van der Waals surface area contributed by atoms with Gasteiger partial charge in [0.1, 0.15) is 11.4 Å². The Bertz CT molecular complexity index is 1660. The molecule has 1 aliphatic rings. The van der Waals surface area contributed by atoms with Crippen molar-refractivity contribution in [1.29, 1.82) is 0 Å². The van der Waals surface area contributed by atoms with E-state index < -0.39 is 51.8 Å². The van der Waals surface area contributed by atoms with Crippen molar-refractivity contribution in [2.75, 3.05) is 0 Å². The molecule has 4 unspecified atom stereocenters. The van der Waals surface area contributed by atoms with Crippen LogP contribution >= 0.6 is 11.3 Å². The van der Waals surface area contributed by atoms with Crippen LogP contribution in [0.4, 0.5) is 10.1 Å². The van der Waals surface area contributed by atoms with E-state index in [1.807, 2.05) is 13.0 Å². The third kappa shape index (κ3) is 4.80. The summed E-state index contributed by atoms with van der Waals surface area (Å²) >= 11 is 1.12. The fraction of sp³-hybridized carbons (Fsp3) is 0.194. The number of carboxylic acids is 1. The second-order valence-electron chi connectivity index (χ2n) is 10.2. The van der Waals surface area contributed by atoms with Gasteiger partial charge < -0.3 is 10.0 Å². The minimum Gasteiger partial charge on any atom is -0.479 e. The zero-order valence-corrected chi connectivity index (χ0v) is 22.9. The van der Waals surface area contributed by atoms with Crippen molar-refractivity contribution in [2.45, 2.75) is 31.3 Å². The van der Waals surface area contributed by atoms with Crippen LogP contribution in [0.2, 0.25) is 0 Å². The quantitative estimate of drug-likeness (QED) is 0.155. The molecule has 0 radical (unpaired) electrons. The number of ketones is 1. The van der Waals surface area contributed by atoms with Crippen LogP contribution in [0.25, 0.3) is 0 Å². The van der Waals surface area contributed by atoms with E-state index in [1.54, 1.807) is 41.8 Å². The molecule has 4 aromatic rings. The van der Waals surface area contributed by atoms with Crippen molar-refractivity contribution in [3.8, 4) is 0 Å². The summed E-state index contributed by atoms with van der Waals surface area (Å²) in [5, 5.41) is 24.2. The fourth-order valence-electron chi connectivity index (χ4n) is 5.89. The maximum absolute atomic E-state index is 14.5. The van der Waals surface area contributed by atoms with Crippen molar-refractivity contribution in [2.24, 2.45) is 5.92 Å². The van der Waals surface area contributed by atoms with Gasteiger partial charge in [0.15, 0.2) is 5.78 Å². The van der Waals surface area contributed by atoms with Gasteiger partial charge in [-0.25, -0.2) is 9.18 Å². The number of non-ortho nitro benzene ring substituents is 1. The summed E-state index contributed by atoms with van der Waals surface area (Å²) in [6, 6.07) is 19.6. The zero-order chi connectivity index (χ0) is 29.5. The summed E-state index contributed by atoms with van der Waals surface area (Å²) in [6.07, 6.45) is 0. The highest BCUT2D eigenvalue weighted by atomic mass is 32.1. The van der Waals surface area contributed by atoms with Crippen molar-refractivity contribution < 1.29 is 28.8 Å². The molecular formula is C31H25FN2O6S. The van der Waals surface area contributed by atoms with Crippen LogP contribution in [0, 0.1) is 28.8 Å². The molecule has 0 bridgehead atoms. The van der Waals surface area contributed by atoms with Crippen LogP contribution < -0.4 is 0 Å². The smallest absolute Gasteiger partial charge is 0.330 e. The highest BCUT2D eigenvalue weighted by Crippen LogP contribution is 2.57. The molecule has 5 rings (SSSR count). The van der Waals surface area contributed by atoms with E-state index in [4.69, 9.17) is 0 Å². The summed E-state index contributed by atoms with van der Waals surface area (Å²) < 4.78 is 14.0. The number of carbonyl (C=O) groups excluding carboxylic acids is 2. The first-order valence-corrected chi connectivity index (χ1v) is 13.6. The van der Waals surface area contributed by atoms with Gasteiger partial charge in [-0.15, -0.1) is 11.3 Å². The number of aliphatic carboxylic acids is 1. The van der Waals surface area contributed by atoms with Crippen molar-refractivity contribution in [3.05, 3.63) is 133 Å². The standard InChI is InChI=1S/C31H25FN2O6S/c1-18-6-3-8-21(16-18)28(35)25-26(19-11-13-22(32)14-12-19)31(2,30(37)38)33(29(36)24-10-5-15-41-24)27(25)20-7-4-9-23(17-20)34(39)40/h3-17,25-27H,1-2H3,(H,37,38). The Labute approximate surface area is 238 Å². The maximum Gasteiger partial charge on any atom is 0.330 e. The topological polar surface area (TPSA) is 118 Å². The van der Waals surface area contributed by atoms with Crippen LogP contribution in [0.5, 0.6) is 0 Å². The number of benzene rings is 3. The monoisotopic (exact) mass is 572 g/mol. The highest BCUT2D eigenvalue weighted by Gasteiger charge is 2.65. The number of hydrogen-bond donors (Lipinski definition) is 1. The highest BCUT2D eigenvalue weighted by molar-refractivity contribution is 7.12. The van der Waals surface area contributed by atoms with Gasteiger partial charge in [0, 0.05) is 23.6 Å². The number of thiophene rings is 1. The van der Waals surface area contributed by atoms with Crippen molar-refractivity contribution in [3.63, 3.8) is 0 Å². The third-order valence-corrected chi connectivity index (χ3v) is 8.58. The van der Waals surface area contributed by atoms with E-state index in [-0.39, 0.29) is 16.1 Å². The van der Waals surface area contributed by atoms with Gasteiger partial charge in [-0.05, 0) is 54.6 Å².